The minimum atomic E-state index is -0.794. The summed E-state index contributed by atoms with van der Waals surface area (Å²) < 4.78 is 5.83. The van der Waals surface area contributed by atoms with Crippen molar-refractivity contribution in [3.8, 4) is 5.75 Å². The van der Waals surface area contributed by atoms with E-state index < -0.39 is 5.97 Å². The van der Waals surface area contributed by atoms with Gasteiger partial charge in [-0.2, -0.15) is 0 Å². The Bertz CT molecular complexity index is 896. The number of ether oxygens (including phenoxy) is 1. The van der Waals surface area contributed by atoms with Crippen LogP contribution >= 0.6 is 23.2 Å². The van der Waals surface area contributed by atoms with Gasteiger partial charge in [-0.25, -0.2) is 0 Å². The molecular formula is C24H23Cl2NO3. The topological polar surface area (TPSA) is 58.6 Å². The van der Waals surface area contributed by atoms with Gasteiger partial charge in [-0.1, -0.05) is 59.6 Å². The second-order valence-corrected chi connectivity index (χ2v) is 7.75. The fourth-order valence-corrected chi connectivity index (χ4v) is 3.37. The predicted octanol–water partition coefficient (Wildman–Crippen LogP) is 5.77. The Labute approximate surface area is 186 Å². The van der Waals surface area contributed by atoms with E-state index in [1.54, 1.807) is 0 Å². The molecule has 0 saturated heterocycles. The first-order valence-electron chi connectivity index (χ1n) is 9.69. The van der Waals surface area contributed by atoms with Crippen LogP contribution in [0.2, 0.25) is 10.0 Å². The highest BCUT2D eigenvalue weighted by Crippen LogP contribution is 2.25. The number of carboxylic acid groups (broad SMARTS) is 1. The predicted molar refractivity (Wildman–Crippen MR) is 121 cm³/mol. The van der Waals surface area contributed by atoms with Crippen LogP contribution in [0.5, 0.6) is 5.75 Å². The van der Waals surface area contributed by atoms with Crippen molar-refractivity contribution in [1.82, 2.24) is 5.32 Å². The Morgan fingerprint density at radius 2 is 1.40 bits per heavy atom. The summed E-state index contributed by atoms with van der Waals surface area (Å²) in [6, 6.07) is 23.1. The molecule has 0 atom stereocenters. The van der Waals surface area contributed by atoms with E-state index >= 15 is 0 Å². The average molecular weight is 444 g/mol. The monoisotopic (exact) mass is 443 g/mol. The van der Waals surface area contributed by atoms with E-state index in [4.69, 9.17) is 33.0 Å². The molecule has 0 amide bonds. The number of hydrogen-bond donors (Lipinski definition) is 2. The van der Waals surface area contributed by atoms with E-state index in [1.807, 2.05) is 72.8 Å². The third-order valence-electron chi connectivity index (χ3n) is 4.68. The number of halogens is 2. The van der Waals surface area contributed by atoms with Gasteiger partial charge in [0, 0.05) is 23.0 Å². The Kier molecular flexibility index (Phi) is 8.14. The molecule has 156 valence electrons. The molecule has 0 fully saturated rings. The largest absolute Gasteiger partial charge is 0.492 e. The molecule has 3 rings (SSSR count). The van der Waals surface area contributed by atoms with Gasteiger partial charge in [0.05, 0.1) is 6.04 Å². The Hall–Kier alpha value is -2.53. The fraction of sp³-hybridized carbons (Fsp3) is 0.208. The Morgan fingerprint density at radius 1 is 0.867 bits per heavy atom. The fourth-order valence-electron chi connectivity index (χ4n) is 3.11. The zero-order chi connectivity index (χ0) is 21.3. The Morgan fingerprint density at radius 3 is 1.90 bits per heavy atom. The summed E-state index contributed by atoms with van der Waals surface area (Å²) in [4.78, 5) is 10.7. The first kappa shape index (κ1) is 22.2. The molecule has 2 N–H and O–H groups in total. The van der Waals surface area contributed by atoms with Crippen molar-refractivity contribution in [2.75, 3.05) is 13.2 Å². The van der Waals surface area contributed by atoms with Crippen LogP contribution in [0.3, 0.4) is 0 Å². The van der Waals surface area contributed by atoms with Crippen molar-refractivity contribution in [3.63, 3.8) is 0 Å². The van der Waals surface area contributed by atoms with Crippen molar-refractivity contribution in [3.05, 3.63) is 99.5 Å². The molecule has 0 radical (unpaired) electrons. The van der Waals surface area contributed by atoms with Crippen LogP contribution in [-0.4, -0.2) is 24.2 Å². The van der Waals surface area contributed by atoms with Gasteiger partial charge < -0.3 is 15.2 Å². The van der Waals surface area contributed by atoms with Gasteiger partial charge in [0.25, 0.3) is 0 Å². The van der Waals surface area contributed by atoms with Crippen LogP contribution in [0.25, 0.3) is 0 Å². The summed E-state index contributed by atoms with van der Waals surface area (Å²) in [6.45, 7) is 1.13. The standard InChI is InChI=1S/C24H23Cl2NO3/c25-20-8-4-18(5-9-20)24(19-6-10-21(26)11-7-19)27-15-16-30-22-12-1-17(2-13-22)3-14-23(28)29/h1-2,4-13,24,27H,3,14-16H2,(H,28,29). The molecule has 0 aliphatic carbocycles. The summed E-state index contributed by atoms with van der Waals surface area (Å²) >= 11 is 12.1. The number of nitrogens with one attached hydrogen (secondary N) is 1. The van der Waals surface area contributed by atoms with Crippen LogP contribution in [0.1, 0.15) is 29.2 Å². The van der Waals surface area contributed by atoms with Gasteiger partial charge in [0.15, 0.2) is 0 Å². The molecule has 0 heterocycles. The minimum Gasteiger partial charge on any atom is -0.492 e. The van der Waals surface area contributed by atoms with E-state index in [2.05, 4.69) is 5.32 Å². The molecule has 6 heteroatoms. The van der Waals surface area contributed by atoms with Crippen LogP contribution in [0, 0.1) is 0 Å². The molecule has 30 heavy (non-hydrogen) atoms. The summed E-state index contributed by atoms with van der Waals surface area (Å²) in [6.07, 6.45) is 0.641. The summed E-state index contributed by atoms with van der Waals surface area (Å²) in [5.41, 5.74) is 3.18. The number of benzene rings is 3. The maximum atomic E-state index is 10.7. The smallest absolute Gasteiger partial charge is 0.303 e. The lowest BCUT2D eigenvalue weighted by Gasteiger charge is -2.20. The first-order valence-corrected chi connectivity index (χ1v) is 10.4. The number of hydrogen-bond acceptors (Lipinski definition) is 3. The molecule has 0 saturated carbocycles. The molecule has 0 bridgehead atoms. The third-order valence-corrected chi connectivity index (χ3v) is 5.18. The van der Waals surface area contributed by atoms with E-state index in [9.17, 15) is 4.79 Å². The Balaban J connectivity index is 1.57. The van der Waals surface area contributed by atoms with Crippen molar-refractivity contribution >= 4 is 29.2 Å². The lowest BCUT2D eigenvalue weighted by molar-refractivity contribution is -0.136. The van der Waals surface area contributed by atoms with E-state index in [0.29, 0.717) is 29.6 Å². The molecule has 0 aliphatic rings. The number of aliphatic carboxylic acids is 1. The van der Waals surface area contributed by atoms with Gasteiger partial charge in [0.1, 0.15) is 12.4 Å². The maximum Gasteiger partial charge on any atom is 0.303 e. The molecule has 4 nitrogen and oxygen atoms in total. The SMILES string of the molecule is O=C(O)CCc1ccc(OCCNC(c2ccc(Cl)cc2)c2ccc(Cl)cc2)cc1. The van der Waals surface area contributed by atoms with Crippen LogP contribution in [0.4, 0.5) is 0 Å². The number of carboxylic acids is 1. The zero-order valence-electron chi connectivity index (χ0n) is 16.4. The third kappa shape index (κ3) is 6.77. The normalized spacial score (nSPS) is 10.9. The second-order valence-electron chi connectivity index (χ2n) is 6.88. The summed E-state index contributed by atoms with van der Waals surface area (Å²) in [5.74, 6) is -0.0391. The van der Waals surface area contributed by atoms with Crippen LogP contribution in [-0.2, 0) is 11.2 Å². The van der Waals surface area contributed by atoms with E-state index in [-0.39, 0.29) is 12.5 Å². The van der Waals surface area contributed by atoms with Crippen molar-refractivity contribution < 1.29 is 14.6 Å². The van der Waals surface area contributed by atoms with Crippen LogP contribution in [0.15, 0.2) is 72.8 Å². The molecule has 0 unspecified atom stereocenters. The molecule has 3 aromatic carbocycles. The molecular weight excluding hydrogens is 421 g/mol. The summed E-state index contributed by atoms with van der Waals surface area (Å²) in [7, 11) is 0. The quantitative estimate of drug-likeness (QED) is 0.390. The van der Waals surface area contributed by atoms with Crippen molar-refractivity contribution in [2.45, 2.75) is 18.9 Å². The highest BCUT2D eigenvalue weighted by Gasteiger charge is 2.13. The molecule has 0 aliphatic heterocycles. The zero-order valence-corrected chi connectivity index (χ0v) is 17.9. The average Bonchev–Trinajstić information content (AvgIpc) is 2.75. The van der Waals surface area contributed by atoms with Gasteiger partial charge in [-0.3, -0.25) is 4.79 Å². The first-order chi connectivity index (χ1) is 14.5. The number of rotatable bonds is 10. The molecule has 0 aromatic heterocycles. The lowest BCUT2D eigenvalue weighted by Crippen LogP contribution is -2.27. The summed E-state index contributed by atoms with van der Waals surface area (Å²) in [5, 5.41) is 13.7. The van der Waals surface area contributed by atoms with Gasteiger partial charge >= 0.3 is 5.97 Å². The lowest BCUT2D eigenvalue weighted by atomic mass is 9.99. The number of carbonyl (C=O) groups is 1. The van der Waals surface area contributed by atoms with Gasteiger partial charge in [0.2, 0.25) is 0 Å². The number of aryl methyl sites for hydroxylation is 1. The maximum absolute atomic E-state index is 10.7. The van der Waals surface area contributed by atoms with Crippen molar-refractivity contribution in [2.24, 2.45) is 0 Å². The highest BCUT2D eigenvalue weighted by atomic mass is 35.5. The van der Waals surface area contributed by atoms with E-state index in [1.165, 1.54) is 0 Å². The van der Waals surface area contributed by atoms with E-state index in [0.717, 1.165) is 22.4 Å². The molecule has 0 spiro atoms. The van der Waals surface area contributed by atoms with Gasteiger partial charge in [-0.05, 0) is 59.5 Å². The van der Waals surface area contributed by atoms with Gasteiger partial charge in [-0.15, -0.1) is 0 Å². The van der Waals surface area contributed by atoms with Crippen LogP contribution < -0.4 is 10.1 Å². The second kappa shape index (κ2) is 11.0. The molecule has 3 aromatic rings. The van der Waals surface area contributed by atoms with Crippen molar-refractivity contribution in [1.29, 1.82) is 0 Å². The highest BCUT2D eigenvalue weighted by molar-refractivity contribution is 6.30. The minimum absolute atomic E-state index is 0.0125.